The lowest BCUT2D eigenvalue weighted by Gasteiger charge is -2.05. The number of benzene rings is 1. The fourth-order valence-electron chi connectivity index (χ4n) is 2.84. The fraction of sp³-hybridized carbons (Fsp3) is 0.438. The van der Waals surface area contributed by atoms with E-state index >= 15 is 0 Å². The highest BCUT2D eigenvalue weighted by Crippen LogP contribution is 2.36. The zero-order valence-electron chi connectivity index (χ0n) is 11.6. The van der Waals surface area contributed by atoms with Crippen LogP contribution in [0.15, 0.2) is 28.8 Å². The normalized spacial score (nSPS) is 17.1. The second kappa shape index (κ2) is 5.57. The SMILES string of the molecule is CCCC(=O)Cc1nc(C2CCc3ccccc32)no1. The van der Waals surface area contributed by atoms with Crippen molar-refractivity contribution in [2.45, 2.75) is 44.9 Å². The number of Topliss-reactive ketones (excluding diaryl/α,β-unsaturated/α-hetero) is 1. The third kappa shape index (κ3) is 2.50. The van der Waals surface area contributed by atoms with Gasteiger partial charge in [-0.25, -0.2) is 0 Å². The van der Waals surface area contributed by atoms with Crippen molar-refractivity contribution >= 4 is 5.78 Å². The Kier molecular flexibility index (Phi) is 3.63. The lowest BCUT2D eigenvalue weighted by Crippen LogP contribution is -2.03. The van der Waals surface area contributed by atoms with Gasteiger partial charge in [-0.05, 0) is 30.4 Å². The molecule has 0 N–H and O–H groups in total. The summed E-state index contributed by atoms with van der Waals surface area (Å²) >= 11 is 0. The molecule has 4 heteroatoms. The lowest BCUT2D eigenvalue weighted by molar-refractivity contribution is -0.118. The Labute approximate surface area is 118 Å². The van der Waals surface area contributed by atoms with Gasteiger partial charge >= 0.3 is 0 Å². The van der Waals surface area contributed by atoms with E-state index < -0.39 is 0 Å². The van der Waals surface area contributed by atoms with Crippen LogP contribution >= 0.6 is 0 Å². The van der Waals surface area contributed by atoms with Gasteiger partial charge < -0.3 is 4.52 Å². The quantitative estimate of drug-likeness (QED) is 0.838. The number of nitrogens with zero attached hydrogens (tertiary/aromatic N) is 2. The Hall–Kier alpha value is -1.97. The number of aryl methyl sites for hydroxylation is 1. The van der Waals surface area contributed by atoms with E-state index in [1.54, 1.807) is 0 Å². The van der Waals surface area contributed by atoms with Gasteiger partial charge in [-0.15, -0.1) is 0 Å². The standard InChI is InChI=1S/C16H18N2O2/c1-2-5-12(19)10-15-17-16(18-20-15)14-9-8-11-6-3-4-7-13(11)14/h3-4,6-7,14H,2,5,8-10H2,1H3. The fourth-order valence-corrected chi connectivity index (χ4v) is 2.84. The molecule has 0 fully saturated rings. The Bertz CT molecular complexity index is 618. The largest absolute Gasteiger partial charge is 0.339 e. The Balaban J connectivity index is 1.76. The van der Waals surface area contributed by atoms with Crippen LogP contribution in [-0.4, -0.2) is 15.9 Å². The number of ketones is 1. The Morgan fingerprint density at radius 3 is 3.10 bits per heavy atom. The van der Waals surface area contributed by atoms with Crippen molar-refractivity contribution in [2.75, 3.05) is 0 Å². The van der Waals surface area contributed by atoms with Crippen molar-refractivity contribution in [3.8, 4) is 0 Å². The Morgan fingerprint density at radius 1 is 1.40 bits per heavy atom. The molecule has 0 saturated carbocycles. The van der Waals surface area contributed by atoms with E-state index in [2.05, 4.69) is 28.3 Å². The molecule has 0 spiro atoms. The van der Waals surface area contributed by atoms with Crippen LogP contribution in [0, 0.1) is 0 Å². The summed E-state index contributed by atoms with van der Waals surface area (Å²) in [6.45, 7) is 1.99. The number of hydrogen-bond donors (Lipinski definition) is 0. The molecule has 1 unspecified atom stereocenters. The maximum Gasteiger partial charge on any atom is 0.234 e. The van der Waals surface area contributed by atoms with Gasteiger partial charge in [0.25, 0.3) is 0 Å². The highest BCUT2D eigenvalue weighted by Gasteiger charge is 2.27. The molecule has 0 radical (unpaired) electrons. The highest BCUT2D eigenvalue weighted by atomic mass is 16.5. The number of hydrogen-bond acceptors (Lipinski definition) is 4. The van der Waals surface area contributed by atoms with E-state index in [1.807, 2.05) is 13.0 Å². The highest BCUT2D eigenvalue weighted by molar-refractivity contribution is 5.79. The second-order valence-corrected chi connectivity index (χ2v) is 5.30. The van der Waals surface area contributed by atoms with Crippen LogP contribution in [-0.2, 0) is 17.6 Å². The molecule has 104 valence electrons. The van der Waals surface area contributed by atoms with Crippen molar-refractivity contribution in [3.63, 3.8) is 0 Å². The molecular formula is C16H18N2O2. The van der Waals surface area contributed by atoms with E-state index in [9.17, 15) is 4.79 Å². The first-order chi connectivity index (χ1) is 9.78. The zero-order chi connectivity index (χ0) is 13.9. The van der Waals surface area contributed by atoms with E-state index in [-0.39, 0.29) is 18.1 Å². The van der Waals surface area contributed by atoms with Crippen molar-refractivity contribution < 1.29 is 9.32 Å². The van der Waals surface area contributed by atoms with Crippen molar-refractivity contribution in [3.05, 3.63) is 47.1 Å². The molecule has 20 heavy (non-hydrogen) atoms. The molecule has 0 bridgehead atoms. The molecule has 1 aromatic heterocycles. The van der Waals surface area contributed by atoms with Crippen LogP contribution in [0.25, 0.3) is 0 Å². The molecule has 0 aliphatic heterocycles. The number of carbonyl (C=O) groups excluding carboxylic acids is 1. The topological polar surface area (TPSA) is 56.0 Å². The molecule has 0 amide bonds. The molecule has 2 aromatic rings. The molecule has 3 rings (SSSR count). The number of rotatable bonds is 5. The van der Waals surface area contributed by atoms with Gasteiger partial charge in [0.1, 0.15) is 5.78 Å². The summed E-state index contributed by atoms with van der Waals surface area (Å²) in [5.41, 5.74) is 2.66. The minimum atomic E-state index is 0.162. The van der Waals surface area contributed by atoms with Crippen LogP contribution in [0.2, 0.25) is 0 Å². The van der Waals surface area contributed by atoms with Crippen LogP contribution in [0.1, 0.15) is 54.9 Å². The van der Waals surface area contributed by atoms with Gasteiger partial charge in [-0.1, -0.05) is 36.3 Å². The molecule has 1 atom stereocenters. The molecule has 1 heterocycles. The van der Waals surface area contributed by atoms with Gasteiger partial charge in [0.05, 0.1) is 6.42 Å². The van der Waals surface area contributed by atoms with Gasteiger partial charge in [0.15, 0.2) is 5.82 Å². The van der Waals surface area contributed by atoms with Crippen molar-refractivity contribution in [1.82, 2.24) is 10.1 Å². The Morgan fingerprint density at radius 2 is 2.25 bits per heavy atom. The first kappa shape index (κ1) is 13.0. The third-order valence-electron chi connectivity index (χ3n) is 3.81. The van der Waals surface area contributed by atoms with Crippen molar-refractivity contribution in [1.29, 1.82) is 0 Å². The molecule has 1 aliphatic carbocycles. The summed E-state index contributed by atoms with van der Waals surface area (Å²) in [4.78, 5) is 16.0. The number of aromatic nitrogens is 2. The smallest absolute Gasteiger partial charge is 0.234 e. The van der Waals surface area contributed by atoms with Gasteiger partial charge in [-0.3, -0.25) is 4.79 Å². The number of carbonyl (C=O) groups is 1. The summed E-state index contributed by atoms with van der Waals surface area (Å²) in [5, 5.41) is 4.07. The monoisotopic (exact) mass is 270 g/mol. The minimum absolute atomic E-state index is 0.162. The molecule has 1 aliphatic rings. The maximum absolute atomic E-state index is 11.6. The minimum Gasteiger partial charge on any atom is -0.339 e. The van der Waals surface area contributed by atoms with E-state index in [0.29, 0.717) is 18.1 Å². The lowest BCUT2D eigenvalue weighted by atomic mass is 10.0. The third-order valence-corrected chi connectivity index (χ3v) is 3.81. The summed E-state index contributed by atoms with van der Waals surface area (Å²) in [6.07, 6.45) is 3.76. The van der Waals surface area contributed by atoms with Crippen LogP contribution in [0.4, 0.5) is 0 Å². The zero-order valence-corrected chi connectivity index (χ0v) is 11.6. The van der Waals surface area contributed by atoms with Crippen LogP contribution in [0.3, 0.4) is 0 Å². The van der Waals surface area contributed by atoms with Crippen LogP contribution in [0.5, 0.6) is 0 Å². The van der Waals surface area contributed by atoms with Crippen molar-refractivity contribution in [2.24, 2.45) is 0 Å². The summed E-state index contributed by atoms with van der Waals surface area (Å²) in [5.74, 6) is 1.54. The van der Waals surface area contributed by atoms with E-state index in [1.165, 1.54) is 11.1 Å². The molecular weight excluding hydrogens is 252 g/mol. The summed E-state index contributed by atoms with van der Waals surface area (Å²) in [7, 11) is 0. The molecule has 1 aromatic carbocycles. The maximum atomic E-state index is 11.6. The van der Waals surface area contributed by atoms with E-state index in [0.717, 1.165) is 19.3 Å². The average Bonchev–Trinajstić information content (AvgIpc) is 3.05. The average molecular weight is 270 g/mol. The van der Waals surface area contributed by atoms with E-state index in [4.69, 9.17) is 4.52 Å². The predicted molar refractivity (Wildman–Crippen MR) is 74.5 cm³/mol. The summed E-state index contributed by atoms with van der Waals surface area (Å²) in [6, 6.07) is 8.39. The number of fused-ring (bicyclic) bond motifs is 1. The first-order valence-electron chi connectivity index (χ1n) is 7.20. The molecule has 4 nitrogen and oxygen atoms in total. The second-order valence-electron chi connectivity index (χ2n) is 5.30. The van der Waals surface area contributed by atoms with Gasteiger partial charge in [-0.2, -0.15) is 4.98 Å². The van der Waals surface area contributed by atoms with Gasteiger partial charge in [0, 0.05) is 12.3 Å². The summed E-state index contributed by atoms with van der Waals surface area (Å²) < 4.78 is 5.23. The molecule has 0 saturated heterocycles. The van der Waals surface area contributed by atoms with Gasteiger partial charge in [0.2, 0.25) is 5.89 Å². The predicted octanol–water partition coefficient (Wildman–Crippen LogP) is 3.06. The first-order valence-corrected chi connectivity index (χ1v) is 7.20. The van der Waals surface area contributed by atoms with Crippen LogP contribution < -0.4 is 0 Å².